The van der Waals surface area contributed by atoms with Gasteiger partial charge in [-0.2, -0.15) is 4.31 Å². The monoisotopic (exact) mass is 481 g/mol. The molecular weight excluding hydrogens is 442 g/mol. The highest BCUT2D eigenvalue weighted by molar-refractivity contribution is 7.89. The van der Waals surface area contributed by atoms with Crippen molar-refractivity contribution in [3.63, 3.8) is 0 Å². The quantitative estimate of drug-likeness (QED) is 0.494. The van der Waals surface area contributed by atoms with Gasteiger partial charge < -0.3 is 24.8 Å². The zero-order valence-electron chi connectivity index (χ0n) is 20.0. The fourth-order valence-electron chi connectivity index (χ4n) is 4.21. The molecule has 0 aromatic heterocycles. The molecule has 0 aliphatic carbocycles. The molecule has 2 fully saturated rings. The topological polar surface area (TPSA) is 85.4 Å². The summed E-state index contributed by atoms with van der Waals surface area (Å²) in [6, 6.07) is 6.55. The van der Waals surface area contributed by atoms with Gasteiger partial charge in [0.2, 0.25) is 15.9 Å². The van der Waals surface area contributed by atoms with E-state index in [1.165, 1.54) is 4.31 Å². The van der Waals surface area contributed by atoms with Crippen molar-refractivity contribution in [3.05, 3.63) is 24.3 Å². The Hall–Kier alpha value is -1.72. The van der Waals surface area contributed by atoms with Crippen molar-refractivity contribution in [2.45, 2.75) is 24.7 Å². The van der Waals surface area contributed by atoms with Gasteiger partial charge in [0.05, 0.1) is 11.5 Å². The van der Waals surface area contributed by atoms with Gasteiger partial charge >= 0.3 is 0 Å². The van der Waals surface area contributed by atoms with Crippen LogP contribution in [0.5, 0.6) is 5.75 Å². The minimum Gasteiger partial charge on any atom is -0.494 e. The smallest absolute Gasteiger partial charge is 0.243 e. The van der Waals surface area contributed by atoms with Crippen molar-refractivity contribution < 1.29 is 17.9 Å². The van der Waals surface area contributed by atoms with E-state index in [9.17, 15) is 13.2 Å². The number of nitrogens with one attached hydrogen (secondary N) is 1. The number of amides is 1. The van der Waals surface area contributed by atoms with Crippen molar-refractivity contribution in [1.29, 1.82) is 0 Å². The second-order valence-corrected chi connectivity index (χ2v) is 10.6. The fraction of sp³-hybridized carbons (Fsp3) is 0.696. The van der Waals surface area contributed by atoms with Crippen LogP contribution in [-0.4, -0.2) is 119 Å². The summed E-state index contributed by atoms with van der Waals surface area (Å²) in [4.78, 5) is 19.4. The molecule has 2 aliphatic heterocycles. The number of ether oxygens (including phenoxy) is 1. The molecule has 2 aliphatic rings. The van der Waals surface area contributed by atoms with Gasteiger partial charge in [0, 0.05) is 71.9 Å². The average molecular weight is 482 g/mol. The third-order valence-corrected chi connectivity index (χ3v) is 8.21. The Labute approximate surface area is 198 Å². The van der Waals surface area contributed by atoms with Crippen LogP contribution in [0.1, 0.15) is 19.8 Å². The van der Waals surface area contributed by atoms with Crippen molar-refractivity contribution >= 4 is 15.9 Å². The van der Waals surface area contributed by atoms with E-state index in [0.29, 0.717) is 32.0 Å². The Bertz CT molecular complexity index is 835. The second kappa shape index (κ2) is 12.7. The van der Waals surface area contributed by atoms with E-state index in [1.54, 1.807) is 24.3 Å². The molecule has 1 aromatic rings. The van der Waals surface area contributed by atoms with Crippen molar-refractivity contribution in [1.82, 2.24) is 24.3 Å². The summed E-state index contributed by atoms with van der Waals surface area (Å²) in [5, 5.41) is 3.24. The highest BCUT2D eigenvalue weighted by Gasteiger charge is 2.26. The summed E-state index contributed by atoms with van der Waals surface area (Å²) in [7, 11) is -1.58. The second-order valence-electron chi connectivity index (χ2n) is 8.69. The van der Waals surface area contributed by atoms with Gasteiger partial charge in [-0.05, 0) is 51.2 Å². The van der Waals surface area contributed by atoms with E-state index >= 15 is 0 Å². The van der Waals surface area contributed by atoms with Gasteiger partial charge in [-0.15, -0.1) is 0 Å². The zero-order valence-corrected chi connectivity index (χ0v) is 20.9. The number of hydrogen-bond acceptors (Lipinski definition) is 7. The molecule has 0 bridgehead atoms. The molecule has 2 saturated heterocycles. The largest absolute Gasteiger partial charge is 0.494 e. The summed E-state index contributed by atoms with van der Waals surface area (Å²) < 4.78 is 33.8. The van der Waals surface area contributed by atoms with E-state index in [2.05, 4.69) is 22.2 Å². The summed E-state index contributed by atoms with van der Waals surface area (Å²) >= 11 is 0. The molecule has 0 spiro atoms. The van der Waals surface area contributed by atoms with E-state index in [4.69, 9.17) is 4.74 Å². The van der Waals surface area contributed by atoms with Crippen LogP contribution in [0.15, 0.2) is 29.2 Å². The molecule has 10 heteroatoms. The van der Waals surface area contributed by atoms with Crippen LogP contribution < -0.4 is 10.1 Å². The first kappa shape index (κ1) is 25.9. The van der Waals surface area contributed by atoms with Gasteiger partial charge in [-0.25, -0.2) is 8.42 Å². The third kappa shape index (κ3) is 7.65. The Morgan fingerprint density at radius 3 is 2.33 bits per heavy atom. The molecule has 3 rings (SSSR count). The summed E-state index contributed by atoms with van der Waals surface area (Å²) in [5.74, 6) is 0.661. The van der Waals surface area contributed by atoms with Gasteiger partial charge in [0.15, 0.2) is 0 Å². The highest BCUT2D eigenvalue weighted by atomic mass is 32.2. The number of nitrogens with zero attached hydrogens (tertiary/aromatic N) is 4. The lowest BCUT2D eigenvalue weighted by Gasteiger charge is -2.33. The molecular formula is C23H39N5O4S. The number of carbonyl (C=O) groups excluding carboxylic acids is 1. The van der Waals surface area contributed by atoms with Gasteiger partial charge in [-0.3, -0.25) is 4.79 Å². The number of hydrogen-bond donors (Lipinski definition) is 1. The van der Waals surface area contributed by atoms with Gasteiger partial charge in [0.25, 0.3) is 0 Å². The van der Waals surface area contributed by atoms with Crippen LogP contribution in [0.4, 0.5) is 0 Å². The first-order valence-electron chi connectivity index (χ1n) is 12.0. The van der Waals surface area contributed by atoms with Crippen LogP contribution in [0.3, 0.4) is 0 Å². The molecule has 0 atom stereocenters. The SMILES string of the molecule is CCOc1ccc(S(=O)(=O)N(CCCN2CCN(C)CC2)CCC(=O)N2CCNCC2)cc1. The number of rotatable bonds is 11. The van der Waals surface area contributed by atoms with Crippen LogP contribution in [0.2, 0.25) is 0 Å². The lowest BCUT2D eigenvalue weighted by molar-refractivity contribution is -0.131. The number of benzene rings is 1. The molecule has 0 unspecified atom stereocenters. The molecule has 1 aromatic carbocycles. The molecule has 2 heterocycles. The molecule has 1 N–H and O–H groups in total. The van der Waals surface area contributed by atoms with E-state index < -0.39 is 10.0 Å². The van der Waals surface area contributed by atoms with Crippen LogP contribution in [0, 0.1) is 0 Å². The molecule has 186 valence electrons. The number of carbonyl (C=O) groups is 1. The maximum atomic E-state index is 13.4. The van der Waals surface area contributed by atoms with Crippen molar-refractivity contribution in [2.75, 3.05) is 85.6 Å². The number of sulfonamides is 1. The van der Waals surface area contributed by atoms with E-state index in [-0.39, 0.29) is 23.8 Å². The lowest BCUT2D eigenvalue weighted by atomic mass is 10.3. The molecule has 1 amide bonds. The van der Waals surface area contributed by atoms with Crippen molar-refractivity contribution in [3.8, 4) is 5.75 Å². The standard InChI is InChI=1S/C23H39N5O4S/c1-3-32-21-5-7-22(8-6-21)33(30,31)28(13-4-12-26-19-17-25(2)18-20-26)14-9-23(29)27-15-10-24-11-16-27/h5-8,24H,3-4,9-20H2,1-2H3. The Balaban J connectivity index is 1.64. The first-order valence-corrected chi connectivity index (χ1v) is 13.5. The lowest BCUT2D eigenvalue weighted by Crippen LogP contribution is -2.47. The third-order valence-electron chi connectivity index (χ3n) is 6.30. The zero-order chi connectivity index (χ0) is 23.7. The molecule has 0 saturated carbocycles. The number of likely N-dealkylation sites (N-methyl/N-ethyl adjacent to an activating group) is 1. The fourth-order valence-corrected chi connectivity index (χ4v) is 5.69. The Kier molecular flexibility index (Phi) is 9.94. The Morgan fingerprint density at radius 2 is 1.70 bits per heavy atom. The maximum absolute atomic E-state index is 13.4. The minimum absolute atomic E-state index is 0.0162. The van der Waals surface area contributed by atoms with Crippen molar-refractivity contribution in [2.24, 2.45) is 0 Å². The van der Waals surface area contributed by atoms with Gasteiger partial charge in [-0.1, -0.05) is 0 Å². The minimum atomic E-state index is -3.70. The first-order chi connectivity index (χ1) is 15.9. The molecule has 9 nitrogen and oxygen atoms in total. The number of piperazine rings is 2. The summed E-state index contributed by atoms with van der Waals surface area (Å²) in [5.41, 5.74) is 0. The molecule has 33 heavy (non-hydrogen) atoms. The average Bonchev–Trinajstić information content (AvgIpc) is 2.83. The van der Waals surface area contributed by atoms with Crippen LogP contribution in [-0.2, 0) is 14.8 Å². The van der Waals surface area contributed by atoms with Gasteiger partial charge in [0.1, 0.15) is 5.75 Å². The van der Waals surface area contributed by atoms with E-state index in [1.807, 2.05) is 11.8 Å². The summed E-state index contributed by atoms with van der Waals surface area (Å²) in [6.07, 6.45) is 0.937. The normalized spacial score (nSPS) is 18.6. The predicted molar refractivity (Wildman–Crippen MR) is 129 cm³/mol. The summed E-state index contributed by atoms with van der Waals surface area (Å²) in [6.45, 7) is 10.9. The molecule has 0 radical (unpaired) electrons. The van der Waals surface area contributed by atoms with E-state index in [0.717, 1.165) is 52.2 Å². The van der Waals surface area contributed by atoms with Crippen LogP contribution in [0.25, 0.3) is 0 Å². The maximum Gasteiger partial charge on any atom is 0.243 e. The predicted octanol–water partition coefficient (Wildman–Crippen LogP) is 0.535. The Morgan fingerprint density at radius 1 is 1.03 bits per heavy atom. The van der Waals surface area contributed by atoms with Crippen LogP contribution >= 0.6 is 0 Å². The highest BCUT2D eigenvalue weighted by Crippen LogP contribution is 2.21.